The van der Waals surface area contributed by atoms with E-state index in [1.165, 1.54) is 75.0 Å². The molecule has 1 saturated carbocycles. The van der Waals surface area contributed by atoms with E-state index >= 15 is 0 Å². The van der Waals surface area contributed by atoms with Crippen LogP contribution in [0.2, 0.25) is 0 Å². The molecule has 0 spiro atoms. The van der Waals surface area contributed by atoms with Gasteiger partial charge in [-0.05, 0) is 75.0 Å². The first-order chi connectivity index (χ1) is 13.8. The summed E-state index contributed by atoms with van der Waals surface area (Å²) in [7, 11) is 0. The largest absolute Gasteiger partial charge is 0.323 e. The predicted octanol–water partition coefficient (Wildman–Crippen LogP) is 4.31. The molecule has 2 aliphatic heterocycles. The molecule has 28 heavy (non-hydrogen) atoms. The number of nitrogens with zero attached hydrogens (tertiary/aromatic N) is 3. The van der Waals surface area contributed by atoms with Crippen LogP contribution in [-0.4, -0.2) is 40.6 Å². The van der Waals surface area contributed by atoms with Gasteiger partial charge >= 0.3 is 0 Å². The van der Waals surface area contributed by atoms with E-state index in [1.807, 2.05) is 0 Å². The predicted molar refractivity (Wildman–Crippen MR) is 113 cm³/mol. The van der Waals surface area contributed by atoms with E-state index in [0.29, 0.717) is 12.1 Å². The van der Waals surface area contributed by atoms with Gasteiger partial charge in [0.05, 0.1) is 17.1 Å². The highest BCUT2D eigenvalue weighted by molar-refractivity contribution is 5.76. The van der Waals surface area contributed by atoms with E-state index in [9.17, 15) is 0 Å². The van der Waals surface area contributed by atoms with Crippen LogP contribution in [0.5, 0.6) is 0 Å². The van der Waals surface area contributed by atoms with Gasteiger partial charge in [-0.3, -0.25) is 0 Å². The Morgan fingerprint density at radius 2 is 1.93 bits per heavy atom. The van der Waals surface area contributed by atoms with Crippen LogP contribution in [0.3, 0.4) is 0 Å². The molecule has 2 aromatic rings. The highest BCUT2D eigenvalue weighted by atomic mass is 15.2. The number of piperidine rings is 1. The van der Waals surface area contributed by atoms with Gasteiger partial charge < -0.3 is 14.8 Å². The Kier molecular flexibility index (Phi) is 4.31. The highest BCUT2D eigenvalue weighted by Gasteiger charge is 2.37. The van der Waals surface area contributed by atoms with Crippen LogP contribution in [-0.2, 0) is 0 Å². The number of nitrogens with one attached hydrogen (secondary N) is 1. The fourth-order valence-corrected chi connectivity index (χ4v) is 6.39. The monoisotopic (exact) mass is 376 g/mol. The molecule has 4 atom stereocenters. The number of fused-ring (bicyclic) bond motifs is 3. The van der Waals surface area contributed by atoms with Gasteiger partial charge in [-0.1, -0.05) is 24.3 Å². The summed E-state index contributed by atoms with van der Waals surface area (Å²) < 4.78 is 2.61. The van der Waals surface area contributed by atoms with Crippen LogP contribution >= 0.6 is 0 Å². The van der Waals surface area contributed by atoms with Gasteiger partial charge in [0.1, 0.15) is 5.82 Å². The normalized spacial score (nSPS) is 33.4. The van der Waals surface area contributed by atoms with Crippen molar-refractivity contribution >= 4 is 11.0 Å². The Bertz CT molecular complexity index is 870. The van der Waals surface area contributed by atoms with Gasteiger partial charge in [0.25, 0.3) is 0 Å². The second kappa shape index (κ2) is 7.00. The summed E-state index contributed by atoms with van der Waals surface area (Å²) in [6.45, 7) is 4.93. The number of likely N-dealkylation sites (tertiary alicyclic amines) is 1. The number of hydrogen-bond acceptors (Lipinski definition) is 3. The first-order valence-corrected chi connectivity index (χ1v) is 11.5. The summed E-state index contributed by atoms with van der Waals surface area (Å²) in [5.41, 5.74) is 2.50. The number of para-hydroxylation sites is 2. The van der Waals surface area contributed by atoms with E-state index in [2.05, 4.69) is 51.2 Å². The molecule has 2 saturated heterocycles. The first-order valence-electron chi connectivity index (χ1n) is 11.5. The van der Waals surface area contributed by atoms with Gasteiger partial charge in [-0.2, -0.15) is 0 Å². The van der Waals surface area contributed by atoms with E-state index in [4.69, 9.17) is 4.98 Å². The molecule has 0 radical (unpaired) electrons. The lowest BCUT2D eigenvalue weighted by Gasteiger charge is -2.36. The lowest BCUT2D eigenvalue weighted by Crippen LogP contribution is -2.39. The van der Waals surface area contributed by atoms with Crippen molar-refractivity contribution in [3.63, 3.8) is 0 Å². The molecule has 2 aliphatic carbocycles. The maximum absolute atomic E-state index is 5.08. The average molecular weight is 377 g/mol. The zero-order valence-corrected chi connectivity index (χ0v) is 16.8. The SMILES string of the molecule is C1=C[C@H]2C[C@@H]1CC2CN1CCC(n2c([C@@H]3CCCN3)nc3ccccc32)CC1. The van der Waals surface area contributed by atoms with E-state index in [-0.39, 0.29) is 0 Å². The third kappa shape index (κ3) is 2.93. The van der Waals surface area contributed by atoms with Crippen molar-refractivity contribution in [1.29, 1.82) is 0 Å². The second-order valence-corrected chi connectivity index (χ2v) is 9.55. The van der Waals surface area contributed by atoms with E-state index < -0.39 is 0 Å². The fourth-order valence-electron chi connectivity index (χ4n) is 6.39. The van der Waals surface area contributed by atoms with Crippen molar-refractivity contribution in [2.24, 2.45) is 17.8 Å². The van der Waals surface area contributed by atoms with Crippen molar-refractivity contribution < 1.29 is 0 Å². The molecule has 1 unspecified atom stereocenters. The maximum Gasteiger partial charge on any atom is 0.127 e. The summed E-state index contributed by atoms with van der Waals surface area (Å²) in [6, 6.07) is 9.78. The molecule has 0 amide bonds. The Hall–Kier alpha value is -1.65. The molecule has 1 aromatic heterocycles. The van der Waals surface area contributed by atoms with Crippen molar-refractivity contribution in [2.45, 2.75) is 50.6 Å². The summed E-state index contributed by atoms with van der Waals surface area (Å²) in [5, 5.41) is 3.69. The first kappa shape index (κ1) is 17.2. The Labute approximate surface area is 168 Å². The molecule has 6 rings (SSSR count). The number of rotatable bonds is 4. The lowest BCUT2D eigenvalue weighted by molar-refractivity contribution is 0.153. The van der Waals surface area contributed by atoms with Crippen molar-refractivity contribution in [3.05, 3.63) is 42.2 Å². The summed E-state index contributed by atoms with van der Waals surface area (Å²) in [5.74, 6) is 3.97. The molecule has 3 fully saturated rings. The van der Waals surface area contributed by atoms with Crippen LogP contribution in [0.4, 0.5) is 0 Å². The molecule has 4 aliphatic rings. The summed E-state index contributed by atoms with van der Waals surface area (Å²) >= 11 is 0. The van der Waals surface area contributed by atoms with Gasteiger partial charge in [-0.25, -0.2) is 4.98 Å². The molecule has 3 heterocycles. The number of aromatic nitrogens is 2. The minimum Gasteiger partial charge on any atom is -0.323 e. The minimum absolute atomic E-state index is 0.436. The van der Waals surface area contributed by atoms with Crippen LogP contribution < -0.4 is 5.32 Å². The van der Waals surface area contributed by atoms with Gasteiger partial charge in [0.15, 0.2) is 0 Å². The number of allylic oxidation sites excluding steroid dienone is 2. The number of hydrogen-bond donors (Lipinski definition) is 1. The van der Waals surface area contributed by atoms with Crippen molar-refractivity contribution in [2.75, 3.05) is 26.2 Å². The van der Waals surface area contributed by atoms with Crippen LogP contribution in [0.25, 0.3) is 11.0 Å². The molecule has 148 valence electrons. The molecule has 1 N–H and O–H groups in total. The van der Waals surface area contributed by atoms with Crippen LogP contribution in [0.15, 0.2) is 36.4 Å². The topological polar surface area (TPSA) is 33.1 Å². The lowest BCUT2D eigenvalue weighted by atomic mass is 9.92. The van der Waals surface area contributed by atoms with Gasteiger partial charge in [-0.15, -0.1) is 0 Å². The molecular formula is C24H32N4. The number of benzene rings is 1. The number of imidazole rings is 1. The quantitative estimate of drug-likeness (QED) is 0.807. The molecule has 2 bridgehead atoms. The van der Waals surface area contributed by atoms with Gasteiger partial charge in [0.2, 0.25) is 0 Å². The second-order valence-electron chi connectivity index (χ2n) is 9.55. The highest BCUT2D eigenvalue weighted by Crippen LogP contribution is 2.44. The van der Waals surface area contributed by atoms with Crippen LogP contribution in [0.1, 0.15) is 56.4 Å². The van der Waals surface area contributed by atoms with Gasteiger partial charge in [0, 0.05) is 25.7 Å². The zero-order chi connectivity index (χ0) is 18.5. The molecule has 4 heteroatoms. The van der Waals surface area contributed by atoms with Crippen molar-refractivity contribution in [3.8, 4) is 0 Å². The Morgan fingerprint density at radius 3 is 2.68 bits per heavy atom. The molecule has 4 nitrogen and oxygen atoms in total. The third-order valence-corrected chi connectivity index (χ3v) is 7.83. The Morgan fingerprint density at radius 1 is 1.04 bits per heavy atom. The minimum atomic E-state index is 0.436. The summed E-state index contributed by atoms with van der Waals surface area (Å²) in [6.07, 6.45) is 12.8. The fraction of sp³-hybridized carbons (Fsp3) is 0.625. The molecule has 1 aromatic carbocycles. The maximum atomic E-state index is 5.08. The summed E-state index contributed by atoms with van der Waals surface area (Å²) in [4.78, 5) is 7.83. The average Bonchev–Trinajstić information content (AvgIpc) is 3.51. The Balaban J connectivity index is 1.20. The smallest absolute Gasteiger partial charge is 0.127 e. The standard InChI is InChI=1S/C24H32N4/c1-2-6-23-21(4-1)26-24(22-5-3-11-25-22)28(23)20-9-12-27(13-10-20)16-19-15-17-7-8-18(19)14-17/h1-2,4,6-8,17-20,22,25H,3,5,9-16H2/t17-,18+,19?,22+/m1/s1. The zero-order valence-electron chi connectivity index (χ0n) is 16.8. The molecular weight excluding hydrogens is 344 g/mol. The van der Waals surface area contributed by atoms with E-state index in [1.54, 1.807) is 0 Å². The third-order valence-electron chi connectivity index (χ3n) is 7.83. The van der Waals surface area contributed by atoms with Crippen LogP contribution in [0, 0.1) is 17.8 Å². The van der Waals surface area contributed by atoms with Crippen molar-refractivity contribution in [1.82, 2.24) is 19.8 Å². The van der Waals surface area contributed by atoms with E-state index in [0.717, 1.165) is 24.3 Å².